The van der Waals surface area contributed by atoms with Gasteiger partial charge in [-0.15, -0.1) is 0 Å². The molecule has 0 saturated carbocycles. The van der Waals surface area contributed by atoms with Crippen molar-refractivity contribution in [2.24, 2.45) is 0 Å². The molecule has 0 fully saturated rings. The molecule has 1 aliphatic rings. The van der Waals surface area contributed by atoms with Crippen molar-refractivity contribution in [1.29, 1.82) is 0 Å². The number of hydrogen-bond acceptors (Lipinski definition) is 6. The molecule has 31 heavy (non-hydrogen) atoms. The number of benzene rings is 2. The standard InChI is InChI=1S/C23H24N2O6/c1-5-31-22(27)19-14(2)24-23(28)25(21(26)15-9-7-6-8-10-15)20(19)16-11-12-17(29-3)18(13-16)30-4/h6-13,20H,5H2,1-4H3,(H,24,28). The molecule has 0 bridgehead atoms. The fourth-order valence-corrected chi connectivity index (χ4v) is 3.48. The number of imide groups is 1. The Kier molecular flexibility index (Phi) is 6.59. The second kappa shape index (κ2) is 9.34. The Morgan fingerprint density at radius 2 is 1.71 bits per heavy atom. The second-order valence-electron chi connectivity index (χ2n) is 6.75. The van der Waals surface area contributed by atoms with Crippen LogP contribution in [0, 0.1) is 0 Å². The van der Waals surface area contributed by atoms with Gasteiger partial charge in [0.1, 0.15) is 6.04 Å². The van der Waals surface area contributed by atoms with E-state index < -0.39 is 23.9 Å². The molecule has 0 aliphatic carbocycles. The number of amides is 3. The van der Waals surface area contributed by atoms with E-state index in [9.17, 15) is 14.4 Å². The minimum absolute atomic E-state index is 0.148. The van der Waals surface area contributed by atoms with Crippen LogP contribution in [-0.2, 0) is 9.53 Å². The lowest BCUT2D eigenvalue weighted by molar-refractivity contribution is -0.139. The number of carbonyl (C=O) groups is 3. The average Bonchev–Trinajstić information content (AvgIpc) is 2.78. The Hall–Kier alpha value is -3.81. The first-order valence-corrected chi connectivity index (χ1v) is 9.72. The molecular weight excluding hydrogens is 400 g/mol. The van der Waals surface area contributed by atoms with Crippen LogP contribution in [0.2, 0.25) is 0 Å². The Morgan fingerprint density at radius 1 is 1.03 bits per heavy atom. The number of nitrogens with zero attached hydrogens (tertiary/aromatic N) is 1. The molecule has 0 aromatic heterocycles. The Morgan fingerprint density at radius 3 is 2.32 bits per heavy atom. The van der Waals surface area contributed by atoms with Gasteiger partial charge in [-0.3, -0.25) is 4.79 Å². The van der Waals surface area contributed by atoms with Crippen molar-refractivity contribution < 1.29 is 28.6 Å². The molecule has 0 saturated heterocycles. The predicted molar refractivity (Wildman–Crippen MR) is 113 cm³/mol. The predicted octanol–water partition coefficient (Wildman–Crippen LogP) is 3.45. The highest BCUT2D eigenvalue weighted by Crippen LogP contribution is 2.39. The number of esters is 1. The van der Waals surface area contributed by atoms with E-state index in [-0.39, 0.29) is 12.2 Å². The zero-order valence-electron chi connectivity index (χ0n) is 17.8. The van der Waals surface area contributed by atoms with E-state index in [1.165, 1.54) is 14.2 Å². The van der Waals surface area contributed by atoms with Gasteiger partial charge in [0.15, 0.2) is 11.5 Å². The molecule has 1 aliphatic heterocycles. The van der Waals surface area contributed by atoms with Gasteiger partial charge in [-0.05, 0) is 43.7 Å². The summed E-state index contributed by atoms with van der Waals surface area (Å²) in [6, 6.07) is 11.7. The molecule has 1 unspecified atom stereocenters. The third kappa shape index (κ3) is 4.23. The number of carbonyl (C=O) groups excluding carboxylic acids is 3. The number of hydrogen-bond donors (Lipinski definition) is 1. The van der Waals surface area contributed by atoms with Gasteiger partial charge in [0.2, 0.25) is 0 Å². The van der Waals surface area contributed by atoms with Crippen LogP contribution in [-0.4, -0.2) is 43.6 Å². The van der Waals surface area contributed by atoms with Crippen LogP contribution in [0.5, 0.6) is 11.5 Å². The van der Waals surface area contributed by atoms with Crippen LogP contribution in [0.25, 0.3) is 0 Å². The van der Waals surface area contributed by atoms with Crippen molar-refractivity contribution in [3.05, 3.63) is 70.9 Å². The molecule has 1 heterocycles. The zero-order valence-corrected chi connectivity index (χ0v) is 17.8. The van der Waals surface area contributed by atoms with E-state index in [1.54, 1.807) is 62.4 Å². The summed E-state index contributed by atoms with van der Waals surface area (Å²) in [5.74, 6) is -0.289. The fourth-order valence-electron chi connectivity index (χ4n) is 3.48. The van der Waals surface area contributed by atoms with Gasteiger partial charge in [-0.25, -0.2) is 14.5 Å². The van der Waals surface area contributed by atoms with Crippen LogP contribution < -0.4 is 14.8 Å². The van der Waals surface area contributed by atoms with E-state index in [2.05, 4.69) is 5.32 Å². The van der Waals surface area contributed by atoms with Gasteiger partial charge in [0, 0.05) is 11.3 Å². The normalized spacial score (nSPS) is 15.9. The van der Waals surface area contributed by atoms with Gasteiger partial charge in [-0.1, -0.05) is 24.3 Å². The monoisotopic (exact) mass is 424 g/mol. The maximum atomic E-state index is 13.3. The maximum Gasteiger partial charge on any atom is 0.338 e. The molecule has 2 aromatic carbocycles. The third-order valence-electron chi connectivity index (χ3n) is 4.91. The van der Waals surface area contributed by atoms with E-state index in [1.807, 2.05) is 0 Å². The number of allylic oxidation sites excluding steroid dienone is 1. The van der Waals surface area contributed by atoms with Crippen molar-refractivity contribution >= 4 is 17.9 Å². The van der Waals surface area contributed by atoms with Gasteiger partial charge >= 0.3 is 12.0 Å². The van der Waals surface area contributed by atoms with Gasteiger partial charge in [0.25, 0.3) is 5.91 Å². The quantitative estimate of drug-likeness (QED) is 0.714. The number of methoxy groups -OCH3 is 2. The van der Waals surface area contributed by atoms with Crippen molar-refractivity contribution in [1.82, 2.24) is 10.2 Å². The summed E-state index contributed by atoms with van der Waals surface area (Å²) in [4.78, 5) is 40.2. The number of nitrogens with one attached hydrogen (secondary N) is 1. The summed E-state index contributed by atoms with van der Waals surface area (Å²) in [6.07, 6.45) is 0. The van der Waals surface area contributed by atoms with E-state index >= 15 is 0 Å². The topological polar surface area (TPSA) is 94.2 Å². The van der Waals surface area contributed by atoms with Gasteiger partial charge in [-0.2, -0.15) is 0 Å². The molecule has 3 rings (SSSR count). The minimum Gasteiger partial charge on any atom is -0.493 e. The molecule has 2 aromatic rings. The molecule has 1 N–H and O–H groups in total. The van der Waals surface area contributed by atoms with E-state index in [0.717, 1.165) is 4.90 Å². The van der Waals surface area contributed by atoms with E-state index in [4.69, 9.17) is 14.2 Å². The van der Waals surface area contributed by atoms with Crippen molar-refractivity contribution in [3.8, 4) is 11.5 Å². The smallest absolute Gasteiger partial charge is 0.338 e. The van der Waals surface area contributed by atoms with Crippen LogP contribution in [0.4, 0.5) is 4.79 Å². The number of rotatable bonds is 6. The first-order valence-electron chi connectivity index (χ1n) is 9.72. The van der Waals surface area contributed by atoms with Crippen LogP contribution in [0.15, 0.2) is 59.8 Å². The van der Waals surface area contributed by atoms with Crippen molar-refractivity contribution in [2.45, 2.75) is 19.9 Å². The summed E-state index contributed by atoms with van der Waals surface area (Å²) in [7, 11) is 2.99. The number of ether oxygens (including phenoxy) is 3. The Bertz CT molecular complexity index is 1030. The maximum absolute atomic E-state index is 13.3. The molecule has 162 valence electrons. The van der Waals surface area contributed by atoms with Crippen LogP contribution >= 0.6 is 0 Å². The van der Waals surface area contributed by atoms with Gasteiger partial charge in [0.05, 0.1) is 26.4 Å². The Labute approximate surface area is 180 Å². The lowest BCUT2D eigenvalue weighted by Crippen LogP contribution is -2.51. The SMILES string of the molecule is CCOC(=O)C1=C(C)NC(=O)N(C(=O)c2ccccc2)C1c1ccc(OC)c(OC)c1. The molecule has 0 radical (unpaired) electrons. The average molecular weight is 424 g/mol. The number of urea groups is 1. The van der Waals surface area contributed by atoms with Crippen LogP contribution in [0.3, 0.4) is 0 Å². The second-order valence-corrected chi connectivity index (χ2v) is 6.75. The summed E-state index contributed by atoms with van der Waals surface area (Å²) in [6.45, 7) is 3.44. The summed E-state index contributed by atoms with van der Waals surface area (Å²) < 4.78 is 15.9. The summed E-state index contributed by atoms with van der Waals surface area (Å²) in [5.41, 5.74) is 1.29. The molecule has 8 heteroatoms. The van der Waals surface area contributed by atoms with Crippen molar-refractivity contribution in [3.63, 3.8) is 0 Å². The van der Waals surface area contributed by atoms with Crippen molar-refractivity contribution in [2.75, 3.05) is 20.8 Å². The molecule has 1 atom stereocenters. The lowest BCUT2D eigenvalue weighted by atomic mass is 9.92. The highest BCUT2D eigenvalue weighted by atomic mass is 16.5. The highest BCUT2D eigenvalue weighted by Gasteiger charge is 2.42. The fraction of sp³-hybridized carbons (Fsp3) is 0.261. The third-order valence-corrected chi connectivity index (χ3v) is 4.91. The first-order chi connectivity index (χ1) is 14.9. The molecular formula is C23H24N2O6. The zero-order chi connectivity index (χ0) is 22.5. The van der Waals surface area contributed by atoms with E-state index in [0.29, 0.717) is 28.3 Å². The minimum atomic E-state index is -1.01. The Balaban J connectivity index is 2.20. The molecule has 0 spiro atoms. The summed E-state index contributed by atoms with van der Waals surface area (Å²) >= 11 is 0. The van der Waals surface area contributed by atoms with Gasteiger partial charge < -0.3 is 19.5 Å². The molecule has 8 nitrogen and oxygen atoms in total. The highest BCUT2D eigenvalue weighted by molar-refractivity contribution is 6.08. The summed E-state index contributed by atoms with van der Waals surface area (Å²) in [5, 5.41) is 2.61. The first kappa shape index (κ1) is 21.9. The van der Waals surface area contributed by atoms with Crippen LogP contribution in [0.1, 0.15) is 35.8 Å². The molecule has 3 amide bonds. The largest absolute Gasteiger partial charge is 0.493 e. The lowest BCUT2D eigenvalue weighted by Gasteiger charge is -2.36.